The molecule has 0 aromatic heterocycles. The lowest BCUT2D eigenvalue weighted by Gasteiger charge is -1.94. The highest BCUT2D eigenvalue weighted by atomic mass is 16.2. The first kappa shape index (κ1) is 7.79. The number of anilines is 1. The second-order valence-electron chi connectivity index (χ2n) is 2.68. The molecule has 0 aliphatic carbocycles. The topological polar surface area (TPSA) is 53.5 Å². The lowest BCUT2D eigenvalue weighted by molar-refractivity contribution is -0.110. The van der Waals surface area contributed by atoms with Crippen LogP contribution in [0.1, 0.15) is 5.56 Å². The molecule has 0 bridgehead atoms. The Hall–Kier alpha value is -1.84. The Balaban J connectivity index is 2.53. The number of carbonyl (C=O) groups excluding carboxylic acids is 1. The Labute approximate surface area is 75.6 Å². The molecule has 2 rings (SSSR count). The van der Waals surface area contributed by atoms with Crippen LogP contribution in [0.4, 0.5) is 5.69 Å². The zero-order chi connectivity index (χ0) is 9.26. The van der Waals surface area contributed by atoms with Gasteiger partial charge in [0.25, 0.3) is 5.91 Å². The molecule has 1 heterocycles. The molecule has 2 N–H and O–H groups in total. The fourth-order valence-electron chi connectivity index (χ4n) is 1.33. The highest BCUT2D eigenvalue weighted by molar-refractivity contribution is 6.53. The summed E-state index contributed by atoms with van der Waals surface area (Å²) in [6.45, 7) is 0. The molecule has 0 atom stereocenters. The van der Waals surface area contributed by atoms with Crippen molar-refractivity contribution in [2.24, 2.45) is 5.10 Å². The van der Waals surface area contributed by atoms with Crippen molar-refractivity contribution in [2.45, 2.75) is 0 Å². The van der Waals surface area contributed by atoms with Crippen LogP contribution in [0.25, 0.3) is 0 Å². The van der Waals surface area contributed by atoms with Crippen LogP contribution in [0.5, 0.6) is 0 Å². The lowest BCUT2D eigenvalue weighted by Crippen LogP contribution is -2.17. The van der Waals surface area contributed by atoms with Gasteiger partial charge in [-0.2, -0.15) is 5.10 Å². The van der Waals surface area contributed by atoms with E-state index in [-0.39, 0.29) is 5.91 Å². The second-order valence-corrected chi connectivity index (χ2v) is 2.68. The van der Waals surface area contributed by atoms with Gasteiger partial charge in [0.1, 0.15) is 0 Å². The fraction of sp³-hybridized carbons (Fsp3) is 0.111. The monoisotopic (exact) mass is 175 g/mol. The molecule has 0 spiro atoms. The first-order valence-electron chi connectivity index (χ1n) is 3.98. The van der Waals surface area contributed by atoms with Crippen LogP contribution < -0.4 is 10.7 Å². The highest BCUT2D eigenvalue weighted by Gasteiger charge is 2.24. The molecule has 1 aromatic rings. The molecule has 1 aliphatic rings. The normalized spacial score (nSPS) is 17.0. The van der Waals surface area contributed by atoms with Gasteiger partial charge < -0.3 is 10.7 Å². The number of carbonyl (C=O) groups is 1. The lowest BCUT2D eigenvalue weighted by atomic mass is 10.1. The third-order valence-corrected chi connectivity index (χ3v) is 1.87. The standard InChI is InChI=1S/C9H9N3O/c1-10-12-8-6-4-2-3-5-7(6)11-9(8)13/h2-5,10H,1H3,(H,11,12,13). The molecule has 0 unspecified atom stereocenters. The Morgan fingerprint density at radius 1 is 1.38 bits per heavy atom. The predicted octanol–water partition coefficient (Wildman–Crippen LogP) is 0.562. The molecular formula is C9H9N3O. The molecule has 13 heavy (non-hydrogen) atoms. The first-order chi connectivity index (χ1) is 6.33. The van der Waals surface area contributed by atoms with Gasteiger partial charge in [-0.05, 0) is 6.07 Å². The van der Waals surface area contributed by atoms with Crippen LogP contribution in [0, 0.1) is 0 Å². The molecule has 0 saturated heterocycles. The van der Waals surface area contributed by atoms with E-state index in [1.165, 1.54) is 0 Å². The van der Waals surface area contributed by atoms with Gasteiger partial charge >= 0.3 is 0 Å². The smallest absolute Gasteiger partial charge is 0.276 e. The van der Waals surface area contributed by atoms with Crippen molar-refractivity contribution in [3.8, 4) is 0 Å². The summed E-state index contributed by atoms with van der Waals surface area (Å²) in [5.41, 5.74) is 4.72. The van der Waals surface area contributed by atoms with E-state index in [0.29, 0.717) is 5.71 Å². The number of hydrogen-bond donors (Lipinski definition) is 2. The summed E-state index contributed by atoms with van der Waals surface area (Å²) in [5, 5.41) is 6.62. The van der Waals surface area contributed by atoms with E-state index in [1.807, 2.05) is 24.3 Å². The third kappa shape index (κ3) is 1.16. The Kier molecular flexibility index (Phi) is 1.73. The van der Waals surface area contributed by atoms with E-state index in [9.17, 15) is 4.79 Å². The van der Waals surface area contributed by atoms with Gasteiger partial charge in [-0.25, -0.2) is 0 Å². The quantitative estimate of drug-likeness (QED) is 0.613. The molecule has 4 nitrogen and oxygen atoms in total. The summed E-state index contributed by atoms with van der Waals surface area (Å²) in [6, 6.07) is 7.47. The van der Waals surface area contributed by atoms with Gasteiger partial charge in [-0.1, -0.05) is 18.2 Å². The van der Waals surface area contributed by atoms with E-state index < -0.39 is 0 Å². The van der Waals surface area contributed by atoms with Crippen LogP contribution in [-0.4, -0.2) is 18.7 Å². The molecule has 4 heteroatoms. The van der Waals surface area contributed by atoms with Crippen LogP contribution in [0.15, 0.2) is 29.4 Å². The molecular weight excluding hydrogens is 166 g/mol. The van der Waals surface area contributed by atoms with Gasteiger partial charge in [0.05, 0.1) is 5.69 Å². The van der Waals surface area contributed by atoms with Crippen molar-refractivity contribution in [2.75, 3.05) is 12.4 Å². The number of para-hydroxylation sites is 1. The average Bonchev–Trinajstić information content (AvgIpc) is 2.44. The number of fused-ring (bicyclic) bond motifs is 1. The number of nitrogens with one attached hydrogen (secondary N) is 2. The van der Waals surface area contributed by atoms with Crippen molar-refractivity contribution in [3.05, 3.63) is 29.8 Å². The zero-order valence-electron chi connectivity index (χ0n) is 7.16. The minimum absolute atomic E-state index is 0.157. The molecule has 0 saturated carbocycles. The van der Waals surface area contributed by atoms with Crippen molar-refractivity contribution in [1.82, 2.24) is 5.43 Å². The van der Waals surface area contributed by atoms with E-state index >= 15 is 0 Å². The van der Waals surface area contributed by atoms with E-state index in [2.05, 4.69) is 15.8 Å². The second kappa shape index (κ2) is 2.90. The molecule has 0 radical (unpaired) electrons. The van der Waals surface area contributed by atoms with Crippen molar-refractivity contribution < 1.29 is 4.79 Å². The van der Waals surface area contributed by atoms with Crippen molar-refractivity contribution in [3.63, 3.8) is 0 Å². The largest absolute Gasteiger partial charge is 0.320 e. The van der Waals surface area contributed by atoms with Crippen molar-refractivity contribution >= 4 is 17.3 Å². The average molecular weight is 175 g/mol. The molecule has 0 fully saturated rings. The molecule has 66 valence electrons. The maximum absolute atomic E-state index is 11.3. The van der Waals surface area contributed by atoms with Gasteiger partial charge in [-0.15, -0.1) is 0 Å². The van der Waals surface area contributed by atoms with E-state index in [1.54, 1.807) is 7.05 Å². The summed E-state index contributed by atoms with van der Waals surface area (Å²) < 4.78 is 0. The van der Waals surface area contributed by atoms with Gasteiger partial charge in [0.2, 0.25) is 0 Å². The maximum Gasteiger partial charge on any atom is 0.276 e. The van der Waals surface area contributed by atoms with Crippen LogP contribution in [0.2, 0.25) is 0 Å². The summed E-state index contributed by atoms with van der Waals surface area (Å²) in [7, 11) is 1.67. The minimum atomic E-state index is -0.157. The predicted molar refractivity (Wildman–Crippen MR) is 50.7 cm³/mol. The summed E-state index contributed by atoms with van der Waals surface area (Å²) in [6.07, 6.45) is 0. The van der Waals surface area contributed by atoms with Gasteiger partial charge in [0, 0.05) is 12.6 Å². The van der Waals surface area contributed by atoms with Crippen molar-refractivity contribution in [1.29, 1.82) is 0 Å². The molecule has 1 aromatic carbocycles. The van der Waals surface area contributed by atoms with Crippen LogP contribution in [-0.2, 0) is 4.79 Å². The Morgan fingerprint density at radius 3 is 2.92 bits per heavy atom. The number of benzene rings is 1. The first-order valence-corrected chi connectivity index (χ1v) is 3.98. The SMILES string of the molecule is CN/N=C1\C(=O)Nc2ccccc21. The fourth-order valence-corrected chi connectivity index (χ4v) is 1.33. The molecule has 1 amide bonds. The molecule has 1 aliphatic heterocycles. The highest BCUT2D eigenvalue weighted by Crippen LogP contribution is 2.21. The summed E-state index contributed by atoms with van der Waals surface area (Å²) in [5.74, 6) is -0.157. The maximum atomic E-state index is 11.3. The number of hydrazone groups is 1. The minimum Gasteiger partial charge on any atom is -0.320 e. The summed E-state index contributed by atoms with van der Waals surface area (Å²) >= 11 is 0. The van der Waals surface area contributed by atoms with E-state index in [0.717, 1.165) is 11.3 Å². The van der Waals surface area contributed by atoms with E-state index in [4.69, 9.17) is 0 Å². The number of hydrogen-bond acceptors (Lipinski definition) is 3. The Bertz CT molecular complexity index is 384. The van der Waals surface area contributed by atoms with Gasteiger partial charge in [-0.3, -0.25) is 4.79 Å². The number of rotatable bonds is 1. The van der Waals surface area contributed by atoms with Crippen LogP contribution in [0.3, 0.4) is 0 Å². The zero-order valence-corrected chi connectivity index (χ0v) is 7.16. The number of nitrogens with zero attached hydrogens (tertiary/aromatic N) is 1. The summed E-state index contributed by atoms with van der Waals surface area (Å²) in [4.78, 5) is 11.3. The Morgan fingerprint density at radius 2 is 2.15 bits per heavy atom. The number of amides is 1. The van der Waals surface area contributed by atoms with Gasteiger partial charge in [0.15, 0.2) is 5.71 Å². The van der Waals surface area contributed by atoms with Crippen LogP contribution >= 0.6 is 0 Å². The third-order valence-electron chi connectivity index (χ3n) is 1.87.